The second kappa shape index (κ2) is 10.9. The molecule has 0 atom stereocenters. The van der Waals surface area contributed by atoms with Gasteiger partial charge in [0.1, 0.15) is 0 Å². The maximum Gasteiger partial charge on any atom is 0.331 e. The largest absolute Gasteiger partial charge is 0.462 e. The molecule has 2 N–H and O–H groups in total. The summed E-state index contributed by atoms with van der Waals surface area (Å²) in [5.74, 6) is -0.364. The zero-order chi connectivity index (χ0) is 30.3. The van der Waals surface area contributed by atoms with E-state index in [1.54, 1.807) is 6.08 Å². The predicted molar refractivity (Wildman–Crippen MR) is 179 cm³/mol. The fraction of sp³-hybridized carbons (Fsp3) is 0.0526. The average molecular weight is 587 g/mol. The van der Waals surface area contributed by atoms with E-state index in [4.69, 9.17) is 14.7 Å². The maximum atomic E-state index is 12.6. The third kappa shape index (κ3) is 4.71. The first-order valence-corrected chi connectivity index (χ1v) is 14.8. The smallest absolute Gasteiger partial charge is 0.331 e. The Balaban J connectivity index is 1.56. The molecule has 0 aliphatic carbocycles. The highest BCUT2D eigenvalue weighted by molar-refractivity contribution is 6.01. The molecule has 3 aliphatic rings. The van der Waals surface area contributed by atoms with Crippen LogP contribution < -0.4 is 0 Å². The predicted octanol–water partition coefficient (Wildman–Crippen LogP) is 8.13. The van der Waals surface area contributed by atoms with E-state index in [2.05, 4.69) is 9.97 Å². The highest BCUT2D eigenvalue weighted by Crippen LogP contribution is 2.36. The molecule has 45 heavy (non-hydrogen) atoms. The van der Waals surface area contributed by atoms with Crippen molar-refractivity contribution in [3.8, 4) is 22.3 Å². The fourth-order valence-corrected chi connectivity index (χ4v) is 6.22. The molecule has 0 fully saturated rings. The van der Waals surface area contributed by atoms with Crippen molar-refractivity contribution < 1.29 is 14.3 Å². The molecule has 8 bridgehead atoms. The third-order valence-electron chi connectivity index (χ3n) is 8.27. The molecule has 7 heteroatoms. The molecule has 0 saturated heterocycles. The SMILES string of the molecule is O=Cc1c2nc(c(-c3ccccc3)c3ccc([nH]3)c(C3=CC(=O)OCC3)c3nc(c(-c4ccccc4)c4ccc1[nH]4)C=C3)C=C2. The molecule has 8 rings (SSSR count). The van der Waals surface area contributed by atoms with Gasteiger partial charge < -0.3 is 14.7 Å². The number of carbonyl (C=O) groups excluding carboxylic acids is 2. The Kier molecular flexibility index (Phi) is 6.42. The summed E-state index contributed by atoms with van der Waals surface area (Å²) in [6, 6.07) is 28.0. The van der Waals surface area contributed by atoms with Gasteiger partial charge in [0.2, 0.25) is 0 Å². The number of hydrogen-bond donors (Lipinski definition) is 2. The van der Waals surface area contributed by atoms with Gasteiger partial charge in [0.15, 0.2) is 6.29 Å². The Morgan fingerprint density at radius 3 is 1.67 bits per heavy atom. The molecule has 0 unspecified atom stereocenters. The van der Waals surface area contributed by atoms with Crippen LogP contribution in [0, 0.1) is 0 Å². The second-order valence-electron chi connectivity index (χ2n) is 11.0. The molecular weight excluding hydrogens is 560 g/mol. The number of cyclic esters (lactones) is 1. The van der Waals surface area contributed by atoms with Crippen LogP contribution in [0.25, 0.3) is 74.2 Å². The first-order chi connectivity index (χ1) is 22.2. The lowest BCUT2D eigenvalue weighted by molar-refractivity contribution is -0.138. The highest BCUT2D eigenvalue weighted by Gasteiger charge is 2.21. The molecule has 0 saturated carbocycles. The number of benzene rings is 2. The molecule has 6 heterocycles. The van der Waals surface area contributed by atoms with Crippen molar-refractivity contribution in [2.24, 2.45) is 0 Å². The highest BCUT2D eigenvalue weighted by atomic mass is 16.5. The lowest BCUT2D eigenvalue weighted by Crippen LogP contribution is -2.10. The van der Waals surface area contributed by atoms with Crippen LogP contribution in [0.4, 0.5) is 0 Å². The first kappa shape index (κ1) is 26.5. The summed E-state index contributed by atoms with van der Waals surface area (Å²) in [6.07, 6.45) is 10.8. The summed E-state index contributed by atoms with van der Waals surface area (Å²) < 4.78 is 5.26. The number of aldehydes is 1. The molecule has 0 amide bonds. The van der Waals surface area contributed by atoms with Crippen LogP contribution in [0.15, 0.2) is 91.0 Å². The minimum absolute atomic E-state index is 0.305. The van der Waals surface area contributed by atoms with E-state index in [-0.39, 0.29) is 5.97 Å². The van der Waals surface area contributed by atoms with Crippen molar-refractivity contribution in [3.63, 3.8) is 0 Å². The number of esters is 1. The zero-order valence-electron chi connectivity index (χ0n) is 24.1. The Labute approximate surface area is 258 Å². The first-order valence-electron chi connectivity index (χ1n) is 14.8. The second-order valence-corrected chi connectivity index (χ2v) is 11.0. The lowest BCUT2D eigenvalue weighted by Gasteiger charge is -2.14. The number of nitrogens with one attached hydrogen (secondary N) is 2. The fourth-order valence-electron chi connectivity index (χ4n) is 6.22. The number of aromatic nitrogens is 4. The molecule has 3 aromatic heterocycles. The Bertz CT molecular complexity index is 2240. The number of hydrogen-bond acceptors (Lipinski definition) is 5. The van der Waals surface area contributed by atoms with Crippen molar-refractivity contribution in [1.29, 1.82) is 0 Å². The van der Waals surface area contributed by atoms with E-state index in [9.17, 15) is 9.59 Å². The van der Waals surface area contributed by atoms with Crippen LogP contribution in [0.3, 0.4) is 0 Å². The zero-order valence-corrected chi connectivity index (χ0v) is 24.1. The number of H-pyrrole nitrogens is 2. The summed E-state index contributed by atoms with van der Waals surface area (Å²) in [6.45, 7) is 0.305. The number of carbonyl (C=O) groups is 2. The normalized spacial score (nSPS) is 13.9. The number of aromatic amines is 2. The van der Waals surface area contributed by atoms with E-state index in [1.165, 1.54) is 0 Å². The van der Waals surface area contributed by atoms with Crippen molar-refractivity contribution in [2.45, 2.75) is 6.42 Å². The minimum atomic E-state index is -0.364. The summed E-state index contributed by atoms with van der Waals surface area (Å²) in [5.41, 5.74) is 11.9. The van der Waals surface area contributed by atoms with Crippen LogP contribution in [0.2, 0.25) is 0 Å². The van der Waals surface area contributed by atoms with E-state index in [0.29, 0.717) is 29.8 Å². The van der Waals surface area contributed by atoms with Gasteiger partial charge in [-0.1, -0.05) is 60.7 Å². The van der Waals surface area contributed by atoms with Gasteiger partial charge in [-0.15, -0.1) is 0 Å². The Morgan fingerprint density at radius 1 is 0.600 bits per heavy atom. The number of nitrogens with zero attached hydrogens (tertiary/aromatic N) is 2. The number of ether oxygens (including phenoxy) is 1. The molecule has 7 nitrogen and oxygen atoms in total. The Hall–Kier alpha value is -6.08. The average Bonchev–Trinajstić information content (AvgIpc) is 3.89. The van der Waals surface area contributed by atoms with Gasteiger partial charge in [0.25, 0.3) is 0 Å². The standard InChI is InChI=1S/C38H26N4O3/c43-22-26-27-11-13-29(39-27)36(23-7-3-1-4-8-23)31-15-17-33(41-31)38(25-19-20-45-35(44)21-25)34-18-16-32(42-34)37(24-9-5-2-6-10-24)30-14-12-28(26)40-30/h1-18,21-22,39,42H,19-20H2. The number of rotatable bonds is 4. The van der Waals surface area contributed by atoms with Crippen molar-refractivity contribution in [1.82, 2.24) is 19.9 Å². The monoisotopic (exact) mass is 586 g/mol. The summed E-state index contributed by atoms with van der Waals surface area (Å²) in [4.78, 5) is 42.3. The van der Waals surface area contributed by atoms with Gasteiger partial charge in [-0.2, -0.15) is 0 Å². The van der Waals surface area contributed by atoms with Crippen LogP contribution in [-0.4, -0.2) is 38.8 Å². The van der Waals surface area contributed by atoms with Gasteiger partial charge in [0, 0.05) is 45.7 Å². The third-order valence-corrected chi connectivity index (χ3v) is 8.27. The van der Waals surface area contributed by atoms with Gasteiger partial charge in [-0.05, 0) is 65.3 Å². The van der Waals surface area contributed by atoms with Crippen molar-refractivity contribution in [3.05, 3.63) is 125 Å². The van der Waals surface area contributed by atoms with Crippen molar-refractivity contribution in [2.75, 3.05) is 6.61 Å². The molecule has 5 aromatic rings. The molecule has 2 aromatic carbocycles. The topological polar surface area (TPSA) is 101 Å². The number of fused-ring (bicyclic) bond motifs is 8. The van der Waals surface area contributed by atoms with Crippen LogP contribution >= 0.6 is 0 Å². The van der Waals surface area contributed by atoms with E-state index < -0.39 is 0 Å². The minimum Gasteiger partial charge on any atom is -0.462 e. The van der Waals surface area contributed by atoms with Gasteiger partial charge in [-0.25, -0.2) is 14.8 Å². The van der Waals surface area contributed by atoms with Gasteiger partial charge in [-0.3, -0.25) is 4.79 Å². The van der Waals surface area contributed by atoms with Crippen molar-refractivity contribution >= 4 is 64.2 Å². The van der Waals surface area contributed by atoms with Gasteiger partial charge >= 0.3 is 5.97 Å². The lowest BCUT2D eigenvalue weighted by atomic mass is 9.99. The van der Waals surface area contributed by atoms with Crippen LogP contribution in [0.5, 0.6) is 0 Å². The Morgan fingerprint density at radius 2 is 1.09 bits per heavy atom. The molecular formula is C38H26N4O3. The quantitative estimate of drug-likeness (QED) is 0.160. The summed E-state index contributed by atoms with van der Waals surface area (Å²) >= 11 is 0. The van der Waals surface area contributed by atoms with Crippen LogP contribution in [0.1, 0.15) is 45.1 Å². The van der Waals surface area contributed by atoms with Crippen LogP contribution in [-0.2, 0) is 9.53 Å². The van der Waals surface area contributed by atoms with E-state index in [0.717, 1.165) is 73.3 Å². The summed E-state index contributed by atoms with van der Waals surface area (Å²) in [5, 5.41) is 0. The summed E-state index contributed by atoms with van der Waals surface area (Å²) in [7, 11) is 0. The molecule has 0 spiro atoms. The van der Waals surface area contributed by atoms with E-state index >= 15 is 0 Å². The molecule has 3 aliphatic heterocycles. The molecule has 0 radical (unpaired) electrons. The maximum absolute atomic E-state index is 12.6. The van der Waals surface area contributed by atoms with Gasteiger partial charge in [0.05, 0.1) is 40.5 Å². The molecule has 216 valence electrons. The van der Waals surface area contributed by atoms with E-state index in [1.807, 2.05) is 109 Å².